The third kappa shape index (κ3) is 6.20. The maximum atomic E-state index is 12.6. The lowest BCUT2D eigenvalue weighted by atomic mass is 9.95. The van der Waals surface area contributed by atoms with Crippen LogP contribution >= 0.6 is 0 Å². The molecule has 0 bridgehead atoms. The predicted molar refractivity (Wildman–Crippen MR) is 132 cm³/mol. The Hall–Kier alpha value is -3.81. The van der Waals surface area contributed by atoms with E-state index in [-0.39, 0.29) is 25.6 Å². The van der Waals surface area contributed by atoms with Gasteiger partial charge in [0.05, 0.1) is 0 Å². The standard InChI is InChI=1S/C27H32N2O6/c1-4-17-34-26(33)29(3)16-10-9-15-27(2,24(30)31)28-25(32)35-18-23-21-13-7-5-11-19(21)20-12-6-8-14-22(20)23/h4-8,11-14,23H,1,9-10,15-18H2,2-3H3,(H,28,32)(H,30,31)/t27-/m1/s1. The number of alkyl carbamates (subject to hydrolysis) is 1. The van der Waals surface area contributed by atoms with Crippen molar-refractivity contribution in [2.45, 2.75) is 37.6 Å². The van der Waals surface area contributed by atoms with E-state index >= 15 is 0 Å². The second kappa shape index (κ2) is 11.6. The monoisotopic (exact) mass is 480 g/mol. The minimum Gasteiger partial charge on any atom is -0.480 e. The van der Waals surface area contributed by atoms with Crippen molar-refractivity contribution in [3.63, 3.8) is 0 Å². The fraction of sp³-hybridized carbons (Fsp3) is 0.370. The molecule has 35 heavy (non-hydrogen) atoms. The minimum atomic E-state index is -1.50. The molecule has 2 aromatic carbocycles. The van der Waals surface area contributed by atoms with Crippen LogP contribution in [-0.4, -0.2) is 60.5 Å². The van der Waals surface area contributed by atoms with Gasteiger partial charge in [0.15, 0.2) is 0 Å². The number of rotatable bonds is 11. The van der Waals surface area contributed by atoms with Crippen molar-refractivity contribution in [2.75, 3.05) is 26.8 Å². The van der Waals surface area contributed by atoms with Crippen LogP contribution in [0, 0.1) is 0 Å². The van der Waals surface area contributed by atoms with Gasteiger partial charge >= 0.3 is 18.2 Å². The number of carbonyl (C=O) groups excluding carboxylic acids is 2. The van der Waals surface area contributed by atoms with Gasteiger partial charge in [-0.3, -0.25) is 0 Å². The second-order valence-corrected chi connectivity index (χ2v) is 8.83. The van der Waals surface area contributed by atoms with Crippen molar-refractivity contribution in [1.82, 2.24) is 10.2 Å². The number of nitrogens with zero attached hydrogens (tertiary/aromatic N) is 1. The van der Waals surface area contributed by atoms with Crippen LogP contribution in [0.15, 0.2) is 61.2 Å². The Kier molecular flexibility index (Phi) is 8.52. The van der Waals surface area contributed by atoms with Gasteiger partial charge in [0, 0.05) is 19.5 Å². The van der Waals surface area contributed by atoms with Gasteiger partial charge in [-0.15, -0.1) is 0 Å². The highest BCUT2D eigenvalue weighted by Crippen LogP contribution is 2.44. The van der Waals surface area contributed by atoms with Crippen LogP contribution in [0.4, 0.5) is 9.59 Å². The minimum absolute atomic E-state index is 0.104. The Bertz CT molecular complexity index is 1040. The lowest BCUT2D eigenvalue weighted by Crippen LogP contribution is -2.52. The summed E-state index contributed by atoms with van der Waals surface area (Å²) in [4.78, 5) is 37.7. The van der Waals surface area contributed by atoms with E-state index in [1.807, 2.05) is 48.5 Å². The number of carbonyl (C=O) groups is 3. The van der Waals surface area contributed by atoms with Crippen LogP contribution < -0.4 is 5.32 Å². The van der Waals surface area contributed by atoms with E-state index in [2.05, 4.69) is 11.9 Å². The first-order valence-corrected chi connectivity index (χ1v) is 11.6. The van der Waals surface area contributed by atoms with Gasteiger partial charge in [-0.05, 0) is 48.4 Å². The second-order valence-electron chi connectivity index (χ2n) is 8.83. The van der Waals surface area contributed by atoms with Crippen molar-refractivity contribution in [3.05, 3.63) is 72.3 Å². The Morgan fingerprint density at radius 1 is 1.06 bits per heavy atom. The Labute approximate surface area is 205 Å². The highest BCUT2D eigenvalue weighted by Gasteiger charge is 2.36. The molecule has 0 saturated heterocycles. The highest BCUT2D eigenvalue weighted by molar-refractivity contribution is 5.84. The first-order valence-electron chi connectivity index (χ1n) is 11.6. The summed E-state index contributed by atoms with van der Waals surface area (Å²) >= 11 is 0. The molecule has 0 aromatic heterocycles. The Balaban J connectivity index is 1.53. The number of fused-ring (bicyclic) bond motifs is 3. The van der Waals surface area contributed by atoms with Gasteiger partial charge in [0.25, 0.3) is 0 Å². The lowest BCUT2D eigenvalue weighted by molar-refractivity contribution is -0.144. The van der Waals surface area contributed by atoms with Crippen LogP contribution in [0.2, 0.25) is 0 Å². The molecule has 1 aliphatic rings. The summed E-state index contributed by atoms with van der Waals surface area (Å²) in [7, 11) is 1.61. The summed E-state index contributed by atoms with van der Waals surface area (Å²) in [5.41, 5.74) is 2.90. The van der Waals surface area contributed by atoms with E-state index in [1.165, 1.54) is 17.9 Å². The molecule has 8 heteroatoms. The fourth-order valence-corrected chi connectivity index (χ4v) is 4.24. The summed E-state index contributed by atoms with van der Waals surface area (Å²) in [6.45, 7) is 5.58. The molecule has 0 unspecified atom stereocenters. The van der Waals surface area contributed by atoms with Crippen molar-refractivity contribution in [2.24, 2.45) is 0 Å². The van der Waals surface area contributed by atoms with Gasteiger partial charge in [0.2, 0.25) is 0 Å². The van der Waals surface area contributed by atoms with Crippen LogP contribution in [0.1, 0.15) is 43.2 Å². The van der Waals surface area contributed by atoms with E-state index in [4.69, 9.17) is 9.47 Å². The molecule has 0 aliphatic heterocycles. The normalized spacial score (nSPS) is 13.7. The summed E-state index contributed by atoms with van der Waals surface area (Å²) < 4.78 is 10.5. The van der Waals surface area contributed by atoms with E-state index in [0.29, 0.717) is 19.4 Å². The maximum absolute atomic E-state index is 12.6. The molecule has 1 atom stereocenters. The number of unbranched alkanes of at least 4 members (excludes halogenated alkanes) is 1. The van der Waals surface area contributed by atoms with E-state index in [1.54, 1.807) is 7.05 Å². The molecule has 2 aromatic rings. The number of aliphatic carboxylic acids is 1. The molecule has 8 nitrogen and oxygen atoms in total. The van der Waals surface area contributed by atoms with Crippen molar-refractivity contribution < 1.29 is 29.0 Å². The summed E-state index contributed by atoms with van der Waals surface area (Å²) in [6, 6.07) is 16.0. The molecule has 3 rings (SSSR count). The molecule has 1 aliphatic carbocycles. The van der Waals surface area contributed by atoms with Gasteiger partial charge in [0.1, 0.15) is 18.8 Å². The SMILES string of the molecule is C=CCOC(=O)N(C)CCCC[C@@](C)(NC(=O)OCC1c2ccccc2-c2ccccc21)C(=O)O. The van der Waals surface area contributed by atoms with E-state index in [0.717, 1.165) is 22.3 Å². The molecule has 2 N–H and O–H groups in total. The van der Waals surface area contributed by atoms with Crippen LogP contribution in [0.3, 0.4) is 0 Å². The fourth-order valence-electron chi connectivity index (χ4n) is 4.24. The summed E-state index contributed by atoms with van der Waals surface area (Å²) in [5.74, 6) is -1.26. The lowest BCUT2D eigenvalue weighted by Gasteiger charge is -2.26. The zero-order chi connectivity index (χ0) is 25.4. The molecule has 0 radical (unpaired) electrons. The van der Waals surface area contributed by atoms with Crippen molar-refractivity contribution in [1.29, 1.82) is 0 Å². The molecule has 2 amide bonds. The molecule has 0 spiro atoms. The average Bonchev–Trinajstić information content (AvgIpc) is 3.17. The number of ether oxygens (including phenoxy) is 2. The predicted octanol–water partition coefficient (Wildman–Crippen LogP) is 4.79. The smallest absolute Gasteiger partial charge is 0.409 e. The topological polar surface area (TPSA) is 105 Å². The van der Waals surface area contributed by atoms with Gasteiger partial charge in [-0.1, -0.05) is 61.2 Å². The molecular weight excluding hydrogens is 448 g/mol. The Morgan fingerprint density at radius 2 is 1.66 bits per heavy atom. The maximum Gasteiger partial charge on any atom is 0.409 e. The summed E-state index contributed by atoms with van der Waals surface area (Å²) in [5, 5.41) is 12.3. The molecule has 0 fully saturated rings. The quantitative estimate of drug-likeness (QED) is 0.354. The Morgan fingerprint density at radius 3 is 2.23 bits per heavy atom. The number of hydrogen-bond acceptors (Lipinski definition) is 5. The van der Waals surface area contributed by atoms with Crippen LogP contribution in [-0.2, 0) is 14.3 Å². The molecule has 186 valence electrons. The zero-order valence-corrected chi connectivity index (χ0v) is 20.2. The third-order valence-corrected chi connectivity index (χ3v) is 6.25. The third-order valence-electron chi connectivity index (χ3n) is 6.25. The first-order chi connectivity index (χ1) is 16.8. The number of amides is 2. The number of benzene rings is 2. The van der Waals surface area contributed by atoms with Gasteiger partial charge in [-0.2, -0.15) is 0 Å². The molecule has 0 saturated carbocycles. The number of nitrogens with one attached hydrogen (secondary N) is 1. The zero-order valence-electron chi connectivity index (χ0n) is 20.2. The van der Waals surface area contributed by atoms with Crippen molar-refractivity contribution >= 4 is 18.2 Å². The first kappa shape index (κ1) is 25.8. The largest absolute Gasteiger partial charge is 0.480 e. The van der Waals surface area contributed by atoms with E-state index < -0.39 is 23.7 Å². The van der Waals surface area contributed by atoms with Crippen LogP contribution in [0.5, 0.6) is 0 Å². The van der Waals surface area contributed by atoms with Crippen LogP contribution in [0.25, 0.3) is 11.1 Å². The molecule has 0 heterocycles. The number of carboxylic acid groups (broad SMARTS) is 1. The van der Waals surface area contributed by atoms with E-state index in [9.17, 15) is 19.5 Å². The number of hydrogen-bond donors (Lipinski definition) is 2. The van der Waals surface area contributed by atoms with Gasteiger partial charge < -0.3 is 24.8 Å². The van der Waals surface area contributed by atoms with Crippen molar-refractivity contribution in [3.8, 4) is 11.1 Å². The number of carboxylic acids is 1. The van der Waals surface area contributed by atoms with Gasteiger partial charge in [-0.25, -0.2) is 14.4 Å². The average molecular weight is 481 g/mol. The molecular formula is C27H32N2O6. The summed E-state index contributed by atoms with van der Waals surface area (Å²) in [6.07, 6.45) is 1.45. The highest BCUT2D eigenvalue weighted by atomic mass is 16.6.